The molecule has 0 aromatic heterocycles. The van der Waals surface area contributed by atoms with Crippen LogP contribution in [0.4, 0.5) is 0 Å². The Labute approximate surface area is 69.6 Å². The van der Waals surface area contributed by atoms with Crippen molar-refractivity contribution in [1.29, 1.82) is 0 Å². The largest absolute Gasteiger partial charge is 0.495 e. The molecule has 11 heavy (non-hydrogen) atoms. The fourth-order valence-corrected chi connectivity index (χ4v) is 0.908. The van der Waals surface area contributed by atoms with Crippen molar-refractivity contribution in [2.45, 2.75) is 0 Å². The lowest BCUT2D eigenvalue weighted by atomic mass is 10.3. The Hall–Kier alpha value is -0.930. The van der Waals surface area contributed by atoms with Crippen molar-refractivity contribution in [3.63, 3.8) is 0 Å². The Kier molecular flexibility index (Phi) is 2.57. The number of rotatable bonds is 2. The van der Waals surface area contributed by atoms with E-state index in [1.165, 1.54) is 7.11 Å². The minimum Gasteiger partial charge on any atom is -0.495 e. The summed E-state index contributed by atoms with van der Waals surface area (Å²) >= 11 is 5.73. The van der Waals surface area contributed by atoms with Crippen LogP contribution in [0.15, 0.2) is 18.2 Å². The quantitative estimate of drug-likeness (QED) is 0.691. The Morgan fingerprint density at radius 3 is 2.73 bits per heavy atom. The molecular formula is C7H8ClNO2. The Morgan fingerprint density at radius 2 is 2.18 bits per heavy atom. The molecule has 0 heterocycles. The molecule has 3 nitrogen and oxygen atoms in total. The molecule has 1 aromatic carbocycles. The van der Waals surface area contributed by atoms with Gasteiger partial charge in [-0.15, -0.1) is 0 Å². The molecule has 0 saturated carbocycles. The predicted molar refractivity (Wildman–Crippen MR) is 42.8 cm³/mol. The summed E-state index contributed by atoms with van der Waals surface area (Å²) in [7, 11) is 1.53. The summed E-state index contributed by atoms with van der Waals surface area (Å²) in [6.45, 7) is 0. The second-order valence-corrected chi connectivity index (χ2v) is 2.32. The minimum atomic E-state index is 0.520. The van der Waals surface area contributed by atoms with Gasteiger partial charge in [-0.3, -0.25) is 0 Å². The van der Waals surface area contributed by atoms with Gasteiger partial charge in [-0.1, -0.05) is 11.6 Å². The zero-order chi connectivity index (χ0) is 8.27. The van der Waals surface area contributed by atoms with Crippen molar-refractivity contribution in [2.75, 3.05) is 7.11 Å². The third-order valence-corrected chi connectivity index (χ3v) is 1.57. The van der Waals surface area contributed by atoms with E-state index >= 15 is 0 Å². The van der Waals surface area contributed by atoms with Gasteiger partial charge in [-0.25, -0.2) is 0 Å². The number of hydrogen-bond acceptors (Lipinski definition) is 3. The van der Waals surface area contributed by atoms with E-state index in [2.05, 4.69) is 4.84 Å². The van der Waals surface area contributed by atoms with Crippen LogP contribution < -0.4 is 15.5 Å². The lowest BCUT2D eigenvalue weighted by Crippen LogP contribution is -2.01. The maximum Gasteiger partial charge on any atom is 0.150 e. The number of halogens is 1. The van der Waals surface area contributed by atoms with Gasteiger partial charge in [-0.05, 0) is 12.1 Å². The number of methoxy groups -OCH3 is 1. The van der Waals surface area contributed by atoms with Crippen molar-refractivity contribution in [2.24, 2.45) is 5.90 Å². The highest BCUT2D eigenvalue weighted by atomic mass is 35.5. The highest BCUT2D eigenvalue weighted by Crippen LogP contribution is 2.27. The molecule has 0 aliphatic heterocycles. The highest BCUT2D eigenvalue weighted by Gasteiger charge is 2.00. The van der Waals surface area contributed by atoms with Crippen molar-refractivity contribution in [1.82, 2.24) is 0 Å². The van der Waals surface area contributed by atoms with E-state index in [-0.39, 0.29) is 0 Å². The standard InChI is InChI=1S/C7H8ClNO2/c1-10-7-4-5(11-9)2-3-6(7)8/h2-4H,9H2,1H3. The molecule has 0 amide bonds. The third-order valence-electron chi connectivity index (χ3n) is 1.26. The first-order chi connectivity index (χ1) is 5.27. The lowest BCUT2D eigenvalue weighted by molar-refractivity contribution is 0.330. The van der Waals surface area contributed by atoms with Crippen molar-refractivity contribution >= 4 is 11.6 Å². The second-order valence-electron chi connectivity index (χ2n) is 1.91. The van der Waals surface area contributed by atoms with Crippen molar-refractivity contribution in [3.05, 3.63) is 23.2 Å². The fraction of sp³-hybridized carbons (Fsp3) is 0.143. The smallest absolute Gasteiger partial charge is 0.150 e. The van der Waals surface area contributed by atoms with Crippen LogP contribution >= 0.6 is 11.6 Å². The van der Waals surface area contributed by atoms with Crippen LogP contribution in [0, 0.1) is 0 Å². The summed E-state index contributed by atoms with van der Waals surface area (Å²) in [5, 5.41) is 0.535. The zero-order valence-corrected chi connectivity index (χ0v) is 6.76. The molecule has 0 fully saturated rings. The molecular weight excluding hydrogens is 166 g/mol. The Bertz CT molecular complexity index is 252. The molecule has 0 aliphatic rings. The van der Waals surface area contributed by atoms with E-state index in [1.54, 1.807) is 18.2 Å². The molecule has 0 aliphatic carbocycles. The molecule has 0 saturated heterocycles. The molecule has 0 atom stereocenters. The molecule has 0 bridgehead atoms. The first kappa shape index (κ1) is 8.17. The lowest BCUT2D eigenvalue weighted by Gasteiger charge is -2.03. The summed E-state index contributed by atoms with van der Waals surface area (Å²) in [5.74, 6) is 6.00. The summed E-state index contributed by atoms with van der Waals surface area (Å²) < 4.78 is 4.92. The number of benzene rings is 1. The fourth-order valence-electron chi connectivity index (χ4n) is 0.713. The number of hydrogen-bond donors (Lipinski definition) is 1. The van der Waals surface area contributed by atoms with Crippen molar-refractivity contribution < 1.29 is 9.57 Å². The third kappa shape index (κ3) is 1.76. The minimum absolute atomic E-state index is 0.520. The van der Waals surface area contributed by atoms with Gasteiger partial charge < -0.3 is 9.57 Å². The van der Waals surface area contributed by atoms with E-state index < -0.39 is 0 Å². The van der Waals surface area contributed by atoms with E-state index in [9.17, 15) is 0 Å². The topological polar surface area (TPSA) is 44.5 Å². The summed E-state index contributed by atoms with van der Waals surface area (Å²) in [6, 6.07) is 4.93. The average molecular weight is 174 g/mol. The van der Waals surface area contributed by atoms with Crippen LogP contribution in [0.3, 0.4) is 0 Å². The van der Waals surface area contributed by atoms with E-state index in [0.29, 0.717) is 16.5 Å². The molecule has 0 radical (unpaired) electrons. The van der Waals surface area contributed by atoms with Crippen LogP contribution in [0.5, 0.6) is 11.5 Å². The predicted octanol–water partition coefficient (Wildman–Crippen LogP) is 1.60. The van der Waals surface area contributed by atoms with Crippen molar-refractivity contribution in [3.8, 4) is 11.5 Å². The summed E-state index contributed by atoms with van der Waals surface area (Å²) in [5.41, 5.74) is 0. The highest BCUT2D eigenvalue weighted by molar-refractivity contribution is 6.32. The number of ether oxygens (including phenoxy) is 1. The summed E-state index contributed by atoms with van der Waals surface area (Å²) in [4.78, 5) is 4.47. The van der Waals surface area contributed by atoms with Gasteiger partial charge in [0.2, 0.25) is 0 Å². The molecule has 4 heteroatoms. The normalized spacial score (nSPS) is 9.36. The molecule has 1 aromatic rings. The SMILES string of the molecule is COc1cc(ON)ccc1Cl. The van der Waals surface area contributed by atoms with Gasteiger partial charge >= 0.3 is 0 Å². The monoisotopic (exact) mass is 173 g/mol. The first-order valence-electron chi connectivity index (χ1n) is 2.98. The number of nitrogens with two attached hydrogens (primary N) is 1. The van der Waals surface area contributed by atoms with Gasteiger partial charge in [0.25, 0.3) is 0 Å². The maximum absolute atomic E-state index is 5.73. The zero-order valence-electron chi connectivity index (χ0n) is 6.00. The molecule has 0 spiro atoms. The molecule has 0 unspecified atom stereocenters. The van der Waals surface area contributed by atoms with Crippen LogP contribution in [0.25, 0.3) is 0 Å². The van der Waals surface area contributed by atoms with Crippen LogP contribution in [-0.4, -0.2) is 7.11 Å². The van der Waals surface area contributed by atoms with E-state index in [0.717, 1.165) is 0 Å². The second kappa shape index (κ2) is 3.46. The molecule has 60 valence electrons. The summed E-state index contributed by atoms with van der Waals surface area (Å²) in [6.07, 6.45) is 0. The molecule has 2 N–H and O–H groups in total. The first-order valence-corrected chi connectivity index (χ1v) is 3.36. The average Bonchev–Trinajstić information content (AvgIpc) is 2.05. The Balaban J connectivity index is 3.02. The van der Waals surface area contributed by atoms with Crippen LogP contribution in [-0.2, 0) is 0 Å². The van der Waals surface area contributed by atoms with Crippen LogP contribution in [0.2, 0.25) is 5.02 Å². The Morgan fingerprint density at radius 1 is 1.45 bits per heavy atom. The van der Waals surface area contributed by atoms with Gasteiger partial charge in [0.05, 0.1) is 12.1 Å². The van der Waals surface area contributed by atoms with Gasteiger partial charge in [-0.2, -0.15) is 5.90 Å². The maximum atomic E-state index is 5.73. The molecule has 1 rings (SSSR count). The van der Waals surface area contributed by atoms with Gasteiger partial charge in [0.15, 0.2) is 5.75 Å². The van der Waals surface area contributed by atoms with Crippen LogP contribution in [0.1, 0.15) is 0 Å². The van der Waals surface area contributed by atoms with Gasteiger partial charge in [0, 0.05) is 6.07 Å². The van der Waals surface area contributed by atoms with E-state index in [1.807, 2.05) is 0 Å². The van der Waals surface area contributed by atoms with Gasteiger partial charge in [0.1, 0.15) is 5.75 Å². The van der Waals surface area contributed by atoms with E-state index in [4.69, 9.17) is 22.2 Å².